The number of rotatable bonds is 6. The van der Waals surface area contributed by atoms with Crippen molar-refractivity contribution in [2.45, 2.75) is 73.1 Å². The number of nitrogens with one attached hydrogen (secondary N) is 1. The Kier molecular flexibility index (Phi) is 8.03. The quantitative estimate of drug-likeness (QED) is 0.457. The number of thioether (sulfide) groups is 1. The first-order valence-corrected chi connectivity index (χ1v) is 10.5. The summed E-state index contributed by atoms with van der Waals surface area (Å²) in [6, 6.07) is -0.796. The molecule has 152 valence electrons. The highest BCUT2D eigenvalue weighted by molar-refractivity contribution is 8.00. The lowest BCUT2D eigenvalue weighted by molar-refractivity contribution is -0.127. The molecule has 0 aromatic heterocycles. The summed E-state index contributed by atoms with van der Waals surface area (Å²) >= 11 is 7.51. The fourth-order valence-corrected chi connectivity index (χ4v) is 5.64. The van der Waals surface area contributed by atoms with Crippen LogP contribution in [0, 0.1) is 5.92 Å². The van der Waals surface area contributed by atoms with Gasteiger partial charge in [0, 0.05) is 13.7 Å². The maximum atomic E-state index is 12.8. The van der Waals surface area contributed by atoms with Crippen molar-refractivity contribution in [2.24, 2.45) is 5.92 Å². The average Bonchev–Trinajstić information content (AvgIpc) is 2.99. The van der Waals surface area contributed by atoms with E-state index in [1.54, 1.807) is 6.92 Å². The van der Waals surface area contributed by atoms with Gasteiger partial charge in [-0.3, -0.25) is 9.69 Å². The van der Waals surface area contributed by atoms with Crippen molar-refractivity contribution in [3.05, 3.63) is 0 Å². The van der Waals surface area contributed by atoms with Gasteiger partial charge in [0.15, 0.2) is 0 Å². The third kappa shape index (κ3) is 4.66. The van der Waals surface area contributed by atoms with Gasteiger partial charge in [0.05, 0.1) is 28.8 Å². The lowest BCUT2D eigenvalue weighted by atomic mass is 9.97. The van der Waals surface area contributed by atoms with E-state index in [0.29, 0.717) is 5.92 Å². The van der Waals surface area contributed by atoms with E-state index in [1.165, 1.54) is 18.9 Å². The number of methoxy groups -OCH3 is 1. The number of hydrogen-bond donors (Lipinski definition) is 4. The largest absolute Gasteiger partial charge is 0.389 e. The number of halogens is 1. The van der Waals surface area contributed by atoms with Gasteiger partial charge < -0.3 is 25.4 Å². The molecule has 0 aromatic carbocycles. The molecular formula is C17H31ClN2O5S. The van der Waals surface area contributed by atoms with E-state index in [-0.39, 0.29) is 11.9 Å². The zero-order valence-electron chi connectivity index (χ0n) is 15.7. The van der Waals surface area contributed by atoms with Crippen molar-refractivity contribution < 1.29 is 24.9 Å². The van der Waals surface area contributed by atoms with Crippen molar-refractivity contribution >= 4 is 29.3 Å². The molecule has 0 saturated carbocycles. The van der Waals surface area contributed by atoms with Crippen LogP contribution in [0.3, 0.4) is 0 Å². The SMILES string of the molecule is CC[C@@H]1C[C@@H](C(=O)N[C@@H]([C@H]2S[C@H](OC)[C@H](O)[C@@H](O)[C@H]2O)[C@H](C)Cl)N(C)C1. The molecule has 2 fully saturated rings. The Balaban J connectivity index is 2.11. The number of likely N-dealkylation sites (tertiary alicyclic amines) is 1. The number of carbonyl (C=O) groups is 1. The zero-order valence-corrected chi connectivity index (χ0v) is 17.3. The molecule has 2 saturated heterocycles. The molecule has 2 aliphatic rings. The first-order valence-electron chi connectivity index (χ1n) is 9.08. The first kappa shape index (κ1) is 22.2. The van der Waals surface area contributed by atoms with Crippen LogP contribution in [0.25, 0.3) is 0 Å². The lowest BCUT2D eigenvalue weighted by Gasteiger charge is -2.43. The minimum atomic E-state index is -1.36. The van der Waals surface area contributed by atoms with Gasteiger partial charge in [-0.05, 0) is 26.3 Å². The number of ether oxygens (including phenoxy) is 1. The number of nitrogens with zero attached hydrogens (tertiary/aromatic N) is 1. The van der Waals surface area contributed by atoms with E-state index in [9.17, 15) is 20.1 Å². The maximum Gasteiger partial charge on any atom is 0.237 e. The van der Waals surface area contributed by atoms with E-state index >= 15 is 0 Å². The molecule has 9 heteroatoms. The van der Waals surface area contributed by atoms with Crippen LogP contribution in [0.1, 0.15) is 26.7 Å². The number of aliphatic hydroxyl groups excluding tert-OH is 3. The van der Waals surface area contributed by atoms with Gasteiger partial charge in [0.2, 0.25) is 5.91 Å². The predicted molar refractivity (Wildman–Crippen MR) is 102 cm³/mol. The topological polar surface area (TPSA) is 102 Å². The number of alkyl halides is 1. The van der Waals surface area contributed by atoms with Crippen LogP contribution < -0.4 is 5.32 Å². The fourth-order valence-electron chi connectivity index (χ4n) is 3.79. The van der Waals surface area contributed by atoms with Crippen LogP contribution in [0.4, 0.5) is 0 Å². The Hall–Kier alpha value is -0.0900. The van der Waals surface area contributed by atoms with Gasteiger partial charge in [-0.15, -0.1) is 23.4 Å². The van der Waals surface area contributed by atoms with E-state index in [2.05, 4.69) is 12.2 Å². The highest BCUT2D eigenvalue weighted by atomic mass is 35.5. The van der Waals surface area contributed by atoms with Crippen molar-refractivity contribution in [3.8, 4) is 0 Å². The smallest absolute Gasteiger partial charge is 0.237 e. The van der Waals surface area contributed by atoms with Crippen LogP contribution in [0.2, 0.25) is 0 Å². The molecule has 0 radical (unpaired) electrons. The summed E-state index contributed by atoms with van der Waals surface area (Å²) in [5, 5.41) is 32.5. The number of hydrogen-bond acceptors (Lipinski definition) is 7. The van der Waals surface area contributed by atoms with Crippen LogP contribution in [0.5, 0.6) is 0 Å². The minimum Gasteiger partial charge on any atom is -0.389 e. The normalized spacial score (nSPS) is 41.0. The molecule has 2 aliphatic heterocycles. The van der Waals surface area contributed by atoms with E-state index in [4.69, 9.17) is 16.3 Å². The highest BCUT2D eigenvalue weighted by Gasteiger charge is 2.48. The monoisotopic (exact) mass is 410 g/mol. The summed E-state index contributed by atoms with van der Waals surface area (Å²) in [6.45, 7) is 4.74. The summed E-state index contributed by atoms with van der Waals surface area (Å²) in [5.74, 6) is 0.371. The standard InChI is InChI=1S/C17H31ClN2O5S/c1-5-9-6-10(20(3)7-9)16(24)19-11(8(2)18)15-13(22)12(21)14(23)17(25-4)26-15/h8-15,17,21-23H,5-7H2,1-4H3,(H,19,24)/t8-,9+,10-,11+,12-,13+,14+,15+,17-/m0/s1. The second-order valence-corrected chi connectivity index (χ2v) is 9.32. The van der Waals surface area contributed by atoms with Gasteiger partial charge in [0.25, 0.3) is 0 Å². The van der Waals surface area contributed by atoms with Gasteiger partial charge in [-0.1, -0.05) is 13.3 Å². The van der Waals surface area contributed by atoms with Crippen molar-refractivity contribution in [3.63, 3.8) is 0 Å². The van der Waals surface area contributed by atoms with Crippen LogP contribution >= 0.6 is 23.4 Å². The van der Waals surface area contributed by atoms with Crippen LogP contribution in [-0.2, 0) is 9.53 Å². The number of carbonyl (C=O) groups excluding carboxylic acids is 1. The summed E-state index contributed by atoms with van der Waals surface area (Å²) in [5.41, 5.74) is -0.702. The van der Waals surface area contributed by atoms with Gasteiger partial charge in [-0.25, -0.2) is 0 Å². The Labute approximate surface area is 164 Å². The van der Waals surface area contributed by atoms with Crippen molar-refractivity contribution in [1.82, 2.24) is 10.2 Å². The molecule has 0 spiro atoms. The first-order chi connectivity index (χ1) is 12.2. The van der Waals surface area contributed by atoms with E-state index in [1.807, 2.05) is 11.9 Å². The average molecular weight is 411 g/mol. The van der Waals surface area contributed by atoms with Crippen LogP contribution in [-0.4, -0.2) is 93.3 Å². The lowest BCUT2D eigenvalue weighted by Crippen LogP contribution is -2.62. The minimum absolute atomic E-state index is 0.122. The molecule has 2 rings (SSSR count). The maximum absolute atomic E-state index is 12.8. The van der Waals surface area contributed by atoms with Crippen molar-refractivity contribution in [1.29, 1.82) is 0 Å². The third-order valence-electron chi connectivity index (χ3n) is 5.51. The third-order valence-corrected chi connectivity index (χ3v) is 7.41. The number of aliphatic hydroxyl groups is 3. The van der Waals surface area contributed by atoms with Gasteiger partial charge in [0.1, 0.15) is 17.6 Å². The Morgan fingerprint density at radius 3 is 2.50 bits per heavy atom. The van der Waals surface area contributed by atoms with Crippen LogP contribution in [0.15, 0.2) is 0 Å². The van der Waals surface area contributed by atoms with Crippen molar-refractivity contribution in [2.75, 3.05) is 20.7 Å². The molecule has 0 aliphatic carbocycles. The molecule has 26 heavy (non-hydrogen) atoms. The predicted octanol–water partition coefficient (Wildman–Crippen LogP) is -0.000600. The Morgan fingerprint density at radius 1 is 1.35 bits per heavy atom. The summed E-state index contributed by atoms with van der Waals surface area (Å²) in [6.07, 6.45) is -1.97. The summed E-state index contributed by atoms with van der Waals surface area (Å²) < 4.78 is 5.21. The summed E-state index contributed by atoms with van der Waals surface area (Å²) in [4.78, 5) is 14.9. The molecule has 7 nitrogen and oxygen atoms in total. The molecule has 1 amide bonds. The second-order valence-electron chi connectivity index (χ2n) is 7.35. The Bertz CT molecular complexity index is 484. The molecule has 0 aromatic rings. The zero-order chi connectivity index (χ0) is 19.6. The molecule has 4 N–H and O–H groups in total. The number of likely N-dealkylation sites (N-methyl/N-ethyl adjacent to an activating group) is 1. The van der Waals surface area contributed by atoms with E-state index < -0.39 is 40.4 Å². The Morgan fingerprint density at radius 2 is 2.00 bits per heavy atom. The van der Waals surface area contributed by atoms with E-state index in [0.717, 1.165) is 19.4 Å². The summed E-state index contributed by atoms with van der Waals surface area (Å²) in [7, 11) is 3.36. The molecule has 9 atom stereocenters. The molecule has 0 unspecified atom stereocenters. The molecule has 0 bridgehead atoms. The van der Waals surface area contributed by atoms with Gasteiger partial charge >= 0.3 is 0 Å². The fraction of sp³-hybridized carbons (Fsp3) is 0.941. The number of amides is 1. The highest BCUT2D eigenvalue weighted by Crippen LogP contribution is 2.36. The molecule has 2 heterocycles. The molecular weight excluding hydrogens is 380 g/mol. The van der Waals surface area contributed by atoms with Gasteiger partial charge in [-0.2, -0.15) is 0 Å². The second kappa shape index (κ2) is 9.41.